The number of hydrogen-bond donors (Lipinski definition) is 1. The van der Waals surface area contributed by atoms with Crippen molar-refractivity contribution < 1.29 is 13.2 Å². The molecule has 0 amide bonds. The molecule has 0 saturated carbocycles. The van der Waals surface area contributed by atoms with E-state index < -0.39 is 15.3 Å². The molecule has 1 atom stereocenters. The third kappa shape index (κ3) is 4.47. The molecule has 0 saturated heterocycles. The fourth-order valence-electron chi connectivity index (χ4n) is 2.27. The second-order valence-corrected chi connectivity index (χ2v) is 8.36. The normalized spacial score (nSPS) is 13.0. The zero-order chi connectivity index (χ0) is 17.7. The molecule has 2 aromatic carbocycles. The van der Waals surface area contributed by atoms with Gasteiger partial charge in [0.2, 0.25) is 10.0 Å². The van der Waals surface area contributed by atoms with Gasteiger partial charge in [-0.2, -0.15) is 0 Å². The lowest BCUT2D eigenvalue weighted by molar-refractivity contribution is 0.361. The van der Waals surface area contributed by atoms with Gasteiger partial charge in [0, 0.05) is 6.54 Å². The minimum atomic E-state index is -3.25. The topological polar surface area (TPSA) is 59.8 Å². The highest BCUT2D eigenvalue weighted by molar-refractivity contribution is 7.90. The molecule has 0 aromatic heterocycles. The largest absolute Gasteiger partial charge is 0.426 e. The molecule has 1 N–H and O–H groups in total. The predicted octanol–water partition coefficient (Wildman–Crippen LogP) is 3.53. The van der Waals surface area contributed by atoms with Gasteiger partial charge in [0.15, 0.2) is 0 Å². The molecular weight excluding hydrogens is 324 g/mol. The Morgan fingerprint density at radius 3 is 2.46 bits per heavy atom. The summed E-state index contributed by atoms with van der Waals surface area (Å²) in [7, 11) is -3.25. The summed E-state index contributed by atoms with van der Waals surface area (Å²) >= 11 is 0. The van der Waals surface area contributed by atoms with Gasteiger partial charge >= 0.3 is 6.73 Å². The minimum Gasteiger partial charge on any atom is -0.426 e. The molecule has 0 heterocycles. The number of benzene rings is 2. The summed E-state index contributed by atoms with van der Waals surface area (Å²) < 4.78 is 31.7. The number of hydrogen-bond acceptors (Lipinski definition) is 3. The average molecular weight is 346 g/mol. The van der Waals surface area contributed by atoms with Crippen molar-refractivity contribution in [1.29, 1.82) is 0 Å². The van der Waals surface area contributed by atoms with Crippen LogP contribution in [-0.2, 0) is 10.0 Å². The van der Waals surface area contributed by atoms with Gasteiger partial charge in [0.25, 0.3) is 0 Å². The van der Waals surface area contributed by atoms with Crippen LogP contribution in [-0.4, -0.2) is 26.9 Å². The summed E-state index contributed by atoms with van der Waals surface area (Å²) in [6.07, 6.45) is 0. The fraction of sp³-hybridized carbons (Fsp3) is 0.389. The van der Waals surface area contributed by atoms with Gasteiger partial charge in [-0.25, -0.2) is 19.7 Å². The Hall–Kier alpha value is -2.10. The molecule has 0 bridgehead atoms. The Kier molecular flexibility index (Phi) is 5.81. The van der Waals surface area contributed by atoms with Gasteiger partial charge in [-0.1, -0.05) is 31.2 Å². The predicted molar refractivity (Wildman–Crippen MR) is 96.5 cm³/mol. The van der Waals surface area contributed by atoms with E-state index in [0.717, 1.165) is 16.3 Å². The van der Waals surface area contributed by atoms with Gasteiger partial charge in [-0.15, -0.1) is 0 Å². The zero-order valence-electron chi connectivity index (χ0n) is 14.1. The van der Waals surface area contributed by atoms with Gasteiger partial charge < -0.3 is 4.74 Å². The smallest absolute Gasteiger partial charge is 0.357 e. The summed E-state index contributed by atoms with van der Waals surface area (Å²) in [5, 5.41) is 1.65. The fourth-order valence-corrected chi connectivity index (χ4v) is 3.09. The Bertz CT molecular complexity index is 854. The molecule has 24 heavy (non-hydrogen) atoms. The van der Waals surface area contributed by atoms with Crippen molar-refractivity contribution >= 4 is 20.8 Å². The summed E-state index contributed by atoms with van der Waals surface area (Å²) in [4.78, 5) is 3.17. The van der Waals surface area contributed by atoms with Crippen LogP contribution in [0.5, 0.6) is 5.75 Å². The van der Waals surface area contributed by atoms with Crippen LogP contribution in [0, 0.1) is 6.57 Å². The zero-order valence-corrected chi connectivity index (χ0v) is 14.9. The molecule has 2 rings (SSSR count). The lowest BCUT2D eigenvalue weighted by Crippen LogP contribution is -2.33. The maximum Gasteiger partial charge on any atom is 0.357 e. The van der Waals surface area contributed by atoms with Crippen molar-refractivity contribution in [2.24, 2.45) is 0 Å². The molecule has 0 spiro atoms. The van der Waals surface area contributed by atoms with E-state index in [0.29, 0.717) is 12.3 Å². The first-order valence-electron chi connectivity index (χ1n) is 7.81. The highest BCUT2D eigenvalue weighted by Gasteiger charge is 2.17. The third-order valence-electron chi connectivity index (χ3n) is 3.91. The van der Waals surface area contributed by atoms with Crippen LogP contribution in [0.25, 0.3) is 15.6 Å². The molecule has 128 valence electrons. The van der Waals surface area contributed by atoms with E-state index >= 15 is 0 Å². The van der Waals surface area contributed by atoms with Crippen molar-refractivity contribution in [2.75, 3.05) is 13.3 Å². The molecular formula is C18H22N2O3S. The molecule has 0 radical (unpaired) electrons. The highest BCUT2D eigenvalue weighted by Crippen LogP contribution is 2.25. The molecule has 0 aliphatic carbocycles. The maximum absolute atomic E-state index is 11.9. The Labute approximate surface area is 143 Å². The Balaban J connectivity index is 2.14. The Morgan fingerprint density at radius 2 is 1.79 bits per heavy atom. The SMILES string of the molecule is [C-]#[N+]COc1ccc2cc(C(C)CNS(=O)(=O)C(C)C)ccc2c1. The molecule has 1 unspecified atom stereocenters. The number of fused-ring (bicyclic) bond motifs is 1. The van der Waals surface area contributed by atoms with Gasteiger partial charge in [0.1, 0.15) is 5.75 Å². The number of ether oxygens (including phenoxy) is 1. The maximum atomic E-state index is 11.9. The van der Waals surface area contributed by atoms with Crippen LogP contribution in [0.4, 0.5) is 0 Å². The summed E-state index contributed by atoms with van der Waals surface area (Å²) in [6, 6.07) is 11.7. The number of nitrogens with zero attached hydrogens (tertiary/aromatic N) is 1. The Morgan fingerprint density at radius 1 is 1.12 bits per heavy atom. The van der Waals surface area contributed by atoms with E-state index in [4.69, 9.17) is 11.3 Å². The molecule has 0 fully saturated rings. The molecule has 0 aliphatic heterocycles. The van der Waals surface area contributed by atoms with Crippen molar-refractivity contribution in [3.05, 3.63) is 53.4 Å². The van der Waals surface area contributed by atoms with Crippen molar-refractivity contribution in [1.82, 2.24) is 4.72 Å². The standard InChI is InChI=1S/C18H22N2O3S/c1-13(2)24(21,22)20-11-14(3)15-5-6-17-10-18(23-12-19-4)8-7-16(17)9-15/h5-10,13-14,20H,11-12H2,1-3H3. The van der Waals surface area contributed by atoms with E-state index in [1.54, 1.807) is 13.8 Å². The average Bonchev–Trinajstić information content (AvgIpc) is 2.57. The van der Waals surface area contributed by atoms with E-state index in [1.165, 1.54) is 0 Å². The summed E-state index contributed by atoms with van der Waals surface area (Å²) in [6.45, 7) is 12.5. The first-order valence-corrected chi connectivity index (χ1v) is 9.36. The van der Waals surface area contributed by atoms with E-state index in [2.05, 4.69) is 15.6 Å². The van der Waals surface area contributed by atoms with E-state index in [1.807, 2.05) is 37.3 Å². The van der Waals surface area contributed by atoms with Crippen LogP contribution in [0.2, 0.25) is 0 Å². The molecule has 5 nitrogen and oxygen atoms in total. The quantitative estimate of drug-likeness (QED) is 0.780. The van der Waals surface area contributed by atoms with Crippen LogP contribution >= 0.6 is 0 Å². The summed E-state index contributed by atoms with van der Waals surface area (Å²) in [5.41, 5.74) is 1.07. The molecule has 6 heteroatoms. The molecule has 2 aromatic rings. The van der Waals surface area contributed by atoms with Crippen molar-refractivity contribution in [2.45, 2.75) is 31.9 Å². The van der Waals surface area contributed by atoms with Gasteiger partial charge in [-0.3, -0.25) is 4.85 Å². The van der Waals surface area contributed by atoms with Gasteiger partial charge in [-0.05, 0) is 48.2 Å². The van der Waals surface area contributed by atoms with Crippen LogP contribution < -0.4 is 9.46 Å². The lowest BCUT2D eigenvalue weighted by Gasteiger charge is -2.15. The van der Waals surface area contributed by atoms with E-state index in [-0.39, 0.29) is 12.6 Å². The number of rotatable bonds is 7. The second-order valence-electron chi connectivity index (χ2n) is 6.04. The second kappa shape index (κ2) is 7.65. The summed E-state index contributed by atoms with van der Waals surface area (Å²) in [5.74, 6) is 0.741. The van der Waals surface area contributed by atoms with Crippen LogP contribution in [0.3, 0.4) is 0 Å². The lowest BCUT2D eigenvalue weighted by atomic mass is 9.98. The van der Waals surface area contributed by atoms with Crippen LogP contribution in [0.1, 0.15) is 32.3 Å². The first-order chi connectivity index (χ1) is 11.3. The van der Waals surface area contributed by atoms with Gasteiger partial charge in [0.05, 0.1) is 5.25 Å². The first kappa shape index (κ1) is 18.2. The number of sulfonamides is 1. The van der Waals surface area contributed by atoms with E-state index in [9.17, 15) is 8.42 Å². The van der Waals surface area contributed by atoms with Crippen molar-refractivity contribution in [3.63, 3.8) is 0 Å². The molecule has 0 aliphatic rings. The van der Waals surface area contributed by atoms with Crippen molar-refractivity contribution in [3.8, 4) is 5.75 Å². The third-order valence-corrected chi connectivity index (χ3v) is 5.72. The number of nitrogens with one attached hydrogen (secondary N) is 1. The minimum absolute atomic E-state index is 0.0105. The monoisotopic (exact) mass is 346 g/mol. The highest BCUT2D eigenvalue weighted by atomic mass is 32.2. The van der Waals surface area contributed by atoms with Crippen LogP contribution in [0.15, 0.2) is 36.4 Å².